The molecule has 0 saturated carbocycles. The minimum absolute atomic E-state index is 0.274. The van der Waals surface area contributed by atoms with Crippen LogP contribution in [0.2, 0.25) is 10.0 Å². The van der Waals surface area contributed by atoms with E-state index in [1.807, 2.05) is 35.0 Å². The highest BCUT2D eigenvalue weighted by Crippen LogP contribution is 2.28. The van der Waals surface area contributed by atoms with Crippen molar-refractivity contribution in [1.82, 2.24) is 0 Å². The molecule has 2 aromatic carbocycles. The van der Waals surface area contributed by atoms with E-state index in [1.165, 1.54) is 11.8 Å². The monoisotopic (exact) mass is 440 g/mol. The molecular weight excluding hydrogens is 423 g/mol. The summed E-state index contributed by atoms with van der Waals surface area (Å²) < 4.78 is 5.67. The van der Waals surface area contributed by atoms with E-state index in [1.54, 1.807) is 48.6 Å². The summed E-state index contributed by atoms with van der Waals surface area (Å²) in [4.78, 5) is 11.7. The van der Waals surface area contributed by atoms with Crippen LogP contribution in [0.4, 0.5) is 0 Å². The van der Waals surface area contributed by atoms with E-state index in [2.05, 4.69) is 0 Å². The Bertz CT molecular complexity index is 799. The zero-order chi connectivity index (χ0) is 19.6. The molecule has 7 heteroatoms. The Morgan fingerprint density at radius 2 is 1.67 bits per heavy atom. The molecular formula is C20H18Cl2O3S2. The van der Waals surface area contributed by atoms with Gasteiger partial charge in [0.2, 0.25) is 0 Å². The van der Waals surface area contributed by atoms with E-state index in [-0.39, 0.29) is 6.61 Å². The Morgan fingerprint density at radius 1 is 1.07 bits per heavy atom. The van der Waals surface area contributed by atoms with Crippen molar-refractivity contribution in [3.05, 3.63) is 81.0 Å². The maximum Gasteiger partial charge on any atom is 0.316 e. The van der Waals surface area contributed by atoms with Crippen molar-refractivity contribution in [3.63, 3.8) is 0 Å². The normalized spacial score (nSPS) is 11.2. The van der Waals surface area contributed by atoms with Gasteiger partial charge in [-0.1, -0.05) is 41.4 Å². The molecule has 3 aromatic rings. The number of ether oxygens (including phenoxy) is 1. The first kappa shape index (κ1) is 21.6. The minimum Gasteiger partial charge on any atom is -0.489 e. The Labute approximate surface area is 176 Å². The highest BCUT2D eigenvalue weighted by atomic mass is 35.5. The number of carboxylic acid groups (broad SMARTS) is 1. The zero-order valence-electron chi connectivity index (χ0n) is 14.5. The van der Waals surface area contributed by atoms with E-state index in [9.17, 15) is 4.79 Å². The van der Waals surface area contributed by atoms with Crippen LogP contribution in [0.25, 0.3) is 0 Å². The first-order chi connectivity index (χ1) is 13.0. The second-order valence-corrected chi connectivity index (χ2v) is 8.40. The number of aliphatic carboxylic acids is 1. The summed E-state index contributed by atoms with van der Waals surface area (Å²) in [7, 11) is 0. The zero-order valence-corrected chi connectivity index (χ0v) is 17.6. The Morgan fingerprint density at radius 3 is 2.15 bits per heavy atom. The molecule has 1 heterocycles. The highest BCUT2D eigenvalue weighted by molar-refractivity contribution is 8.00. The fraction of sp³-hybridized carbons (Fsp3) is 0.150. The van der Waals surface area contributed by atoms with Crippen LogP contribution >= 0.6 is 46.3 Å². The van der Waals surface area contributed by atoms with E-state index in [0.717, 1.165) is 10.5 Å². The third kappa shape index (κ3) is 7.46. The van der Waals surface area contributed by atoms with Gasteiger partial charge >= 0.3 is 5.97 Å². The van der Waals surface area contributed by atoms with Crippen LogP contribution in [-0.2, 0) is 11.4 Å². The van der Waals surface area contributed by atoms with Crippen LogP contribution in [-0.4, -0.2) is 16.3 Å². The van der Waals surface area contributed by atoms with E-state index in [4.69, 9.17) is 33.0 Å². The summed E-state index contributed by atoms with van der Waals surface area (Å²) in [5.74, 6) is -0.165. The first-order valence-electron chi connectivity index (χ1n) is 7.99. The summed E-state index contributed by atoms with van der Waals surface area (Å²) in [5.41, 5.74) is 0.740. The molecule has 0 bridgehead atoms. The third-order valence-electron chi connectivity index (χ3n) is 3.35. The minimum atomic E-state index is -0.835. The second kappa shape index (κ2) is 11.2. The van der Waals surface area contributed by atoms with Crippen LogP contribution in [0.3, 0.4) is 0 Å². The van der Waals surface area contributed by atoms with Crippen LogP contribution in [0.1, 0.15) is 12.5 Å². The van der Waals surface area contributed by atoms with Crippen LogP contribution in [0.5, 0.6) is 5.75 Å². The summed E-state index contributed by atoms with van der Waals surface area (Å²) in [6.07, 6.45) is 0. The molecule has 27 heavy (non-hydrogen) atoms. The number of rotatable bonds is 6. The van der Waals surface area contributed by atoms with Gasteiger partial charge in [-0.25, -0.2) is 0 Å². The predicted octanol–water partition coefficient (Wildman–Crippen LogP) is 6.89. The molecule has 142 valence electrons. The highest BCUT2D eigenvalue weighted by Gasteiger charge is 2.12. The molecule has 0 fully saturated rings. The van der Waals surface area contributed by atoms with Crippen LogP contribution in [0, 0.1) is 0 Å². The Balaban J connectivity index is 0.000000451. The van der Waals surface area contributed by atoms with Crippen molar-refractivity contribution in [2.45, 2.75) is 23.7 Å². The summed E-state index contributed by atoms with van der Waals surface area (Å²) in [6.45, 7) is 1.92. The summed E-state index contributed by atoms with van der Waals surface area (Å²) >= 11 is 15.2. The van der Waals surface area contributed by atoms with Gasteiger partial charge in [-0.3, -0.25) is 4.79 Å². The van der Waals surface area contributed by atoms with E-state index >= 15 is 0 Å². The number of hydrogen-bond donors (Lipinski definition) is 1. The lowest BCUT2D eigenvalue weighted by Gasteiger charge is -2.10. The standard InChI is InChI=1S/C16H14Cl2O3S.C4H4S/c1-10(16(19)20)22-12-7-5-11(6-8-12)21-9-13-14(17)3-2-4-15(13)18;1-2-4-5-3-1/h2-8,10H,9H2,1H3,(H,19,20);1-4H. The number of halogens is 2. The molecule has 1 atom stereocenters. The van der Waals surface area contributed by atoms with E-state index < -0.39 is 11.2 Å². The molecule has 3 nitrogen and oxygen atoms in total. The summed E-state index contributed by atoms with van der Waals surface area (Å²) in [5, 5.41) is 13.6. The SMILES string of the molecule is CC(Sc1ccc(OCc2c(Cl)cccc2Cl)cc1)C(=O)O.c1ccsc1. The Kier molecular flexibility index (Phi) is 9.01. The van der Waals surface area contributed by atoms with Gasteiger partial charge < -0.3 is 9.84 Å². The number of thioether (sulfide) groups is 1. The van der Waals surface area contributed by atoms with Crippen molar-refractivity contribution in [1.29, 1.82) is 0 Å². The molecule has 0 aliphatic heterocycles. The largest absolute Gasteiger partial charge is 0.489 e. The van der Waals surface area contributed by atoms with Crippen molar-refractivity contribution in [2.24, 2.45) is 0 Å². The molecule has 0 amide bonds. The van der Waals surface area contributed by atoms with Crippen molar-refractivity contribution >= 4 is 52.3 Å². The fourth-order valence-corrected chi connectivity index (χ4v) is 3.68. The average Bonchev–Trinajstić information content (AvgIpc) is 3.22. The summed E-state index contributed by atoms with van der Waals surface area (Å²) in [6, 6.07) is 16.6. The van der Waals surface area contributed by atoms with Gasteiger partial charge in [-0.05, 0) is 54.1 Å². The molecule has 3 rings (SSSR count). The van der Waals surface area contributed by atoms with Crippen LogP contribution in [0.15, 0.2) is 70.3 Å². The molecule has 0 aliphatic carbocycles. The average molecular weight is 441 g/mol. The van der Waals surface area contributed by atoms with E-state index in [0.29, 0.717) is 15.8 Å². The fourth-order valence-electron chi connectivity index (χ4n) is 1.92. The number of benzene rings is 2. The molecule has 0 aliphatic rings. The quantitative estimate of drug-likeness (QED) is 0.424. The van der Waals surface area contributed by atoms with Gasteiger partial charge in [0.25, 0.3) is 0 Å². The maximum atomic E-state index is 10.8. The van der Waals surface area contributed by atoms with Gasteiger partial charge in [0.15, 0.2) is 0 Å². The molecule has 0 saturated heterocycles. The third-order valence-corrected chi connectivity index (χ3v) is 5.79. The molecule has 1 unspecified atom stereocenters. The number of hydrogen-bond acceptors (Lipinski definition) is 4. The topological polar surface area (TPSA) is 46.5 Å². The first-order valence-corrected chi connectivity index (χ1v) is 10.6. The number of carbonyl (C=O) groups is 1. The van der Waals surface area contributed by atoms with Gasteiger partial charge in [0, 0.05) is 20.5 Å². The lowest BCUT2D eigenvalue weighted by Crippen LogP contribution is -2.10. The Hall–Kier alpha value is -1.66. The van der Waals surface area contributed by atoms with Gasteiger partial charge in [-0.15, -0.1) is 11.8 Å². The molecule has 1 aromatic heterocycles. The molecule has 0 spiro atoms. The molecule has 0 radical (unpaired) electrons. The number of carboxylic acids is 1. The van der Waals surface area contributed by atoms with Crippen molar-refractivity contribution in [3.8, 4) is 5.75 Å². The van der Waals surface area contributed by atoms with Crippen molar-refractivity contribution < 1.29 is 14.6 Å². The lowest BCUT2D eigenvalue weighted by atomic mass is 10.2. The number of thiophene rings is 1. The maximum absolute atomic E-state index is 10.8. The van der Waals surface area contributed by atoms with Crippen LogP contribution < -0.4 is 4.74 Å². The second-order valence-electron chi connectivity index (χ2n) is 5.35. The van der Waals surface area contributed by atoms with Gasteiger partial charge in [-0.2, -0.15) is 11.3 Å². The molecule has 1 N–H and O–H groups in total. The van der Waals surface area contributed by atoms with Gasteiger partial charge in [0.1, 0.15) is 17.6 Å². The lowest BCUT2D eigenvalue weighted by molar-refractivity contribution is -0.136. The smallest absolute Gasteiger partial charge is 0.316 e. The van der Waals surface area contributed by atoms with Gasteiger partial charge in [0.05, 0.1) is 0 Å². The predicted molar refractivity (Wildman–Crippen MR) is 115 cm³/mol. The van der Waals surface area contributed by atoms with Crippen molar-refractivity contribution in [2.75, 3.05) is 0 Å².